The smallest absolute Gasteiger partial charge is 0.136 e. The highest BCUT2D eigenvalue weighted by Gasteiger charge is 2.37. The average Bonchev–Trinajstić information content (AvgIpc) is 2.02. The Bertz CT molecular complexity index is 237. The van der Waals surface area contributed by atoms with Crippen molar-refractivity contribution in [2.24, 2.45) is 11.3 Å². The van der Waals surface area contributed by atoms with Gasteiger partial charge in [-0.3, -0.25) is 4.79 Å². The second-order valence-corrected chi connectivity index (χ2v) is 4.56. The van der Waals surface area contributed by atoms with E-state index in [1.165, 1.54) is 0 Å². The molecule has 0 aliphatic heterocycles. The second-order valence-electron chi connectivity index (χ2n) is 4.56. The van der Waals surface area contributed by atoms with Crippen molar-refractivity contribution in [3.05, 3.63) is 0 Å². The van der Waals surface area contributed by atoms with Crippen LogP contribution >= 0.6 is 0 Å². The summed E-state index contributed by atoms with van der Waals surface area (Å²) in [6.07, 6.45) is 4.13. The van der Waals surface area contributed by atoms with Crippen molar-refractivity contribution in [3.63, 3.8) is 0 Å². The van der Waals surface area contributed by atoms with Gasteiger partial charge in [0, 0.05) is 18.8 Å². The average molecular weight is 179 g/mol. The van der Waals surface area contributed by atoms with E-state index in [0.717, 1.165) is 25.7 Å². The summed E-state index contributed by atoms with van der Waals surface area (Å²) in [5.41, 5.74) is 0.117. The Hall–Kier alpha value is -0.840. The van der Waals surface area contributed by atoms with E-state index in [2.05, 4.69) is 19.9 Å². The Balaban J connectivity index is 2.64. The number of hydrogen-bond acceptors (Lipinski definition) is 2. The van der Waals surface area contributed by atoms with E-state index in [9.17, 15) is 4.79 Å². The highest BCUT2D eigenvalue weighted by Crippen LogP contribution is 2.40. The third-order valence-electron chi connectivity index (χ3n) is 3.12. The lowest BCUT2D eigenvalue weighted by atomic mass is 9.66. The Morgan fingerprint density at radius 2 is 2.31 bits per heavy atom. The van der Waals surface area contributed by atoms with Gasteiger partial charge in [-0.15, -0.1) is 0 Å². The molecule has 0 aromatic heterocycles. The summed E-state index contributed by atoms with van der Waals surface area (Å²) in [6, 6.07) is 2.12. The molecule has 0 aromatic rings. The summed E-state index contributed by atoms with van der Waals surface area (Å²) in [6.45, 7) is 4.29. The maximum atomic E-state index is 11.6. The molecule has 0 saturated heterocycles. The van der Waals surface area contributed by atoms with Crippen LogP contribution in [0.1, 0.15) is 46.0 Å². The van der Waals surface area contributed by atoms with Gasteiger partial charge in [-0.2, -0.15) is 5.26 Å². The fourth-order valence-corrected chi connectivity index (χ4v) is 2.26. The molecule has 0 amide bonds. The van der Waals surface area contributed by atoms with Gasteiger partial charge in [0.15, 0.2) is 0 Å². The maximum Gasteiger partial charge on any atom is 0.136 e. The number of hydrogen-bond donors (Lipinski definition) is 0. The molecule has 0 bridgehead atoms. The number of carbonyl (C=O) groups excluding carboxylic acids is 1. The summed E-state index contributed by atoms with van der Waals surface area (Å²) >= 11 is 0. The lowest BCUT2D eigenvalue weighted by molar-refractivity contribution is -0.129. The van der Waals surface area contributed by atoms with E-state index < -0.39 is 0 Å². The first-order chi connectivity index (χ1) is 6.08. The summed E-state index contributed by atoms with van der Waals surface area (Å²) in [4.78, 5) is 11.6. The molecule has 0 aromatic carbocycles. The molecule has 13 heavy (non-hydrogen) atoms. The summed E-state index contributed by atoms with van der Waals surface area (Å²) in [7, 11) is 0. The van der Waals surface area contributed by atoms with Gasteiger partial charge in [0.25, 0.3) is 0 Å². The Morgan fingerprint density at radius 1 is 1.62 bits per heavy atom. The van der Waals surface area contributed by atoms with Crippen molar-refractivity contribution in [3.8, 4) is 6.07 Å². The predicted octanol–water partition coefficient (Wildman–Crippen LogP) is 2.69. The van der Waals surface area contributed by atoms with Crippen LogP contribution in [0.3, 0.4) is 0 Å². The first-order valence-electron chi connectivity index (χ1n) is 4.97. The van der Waals surface area contributed by atoms with E-state index in [0.29, 0.717) is 12.2 Å². The van der Waals surface area contributed by atoms with Gasteiger partial charge in [0.2, 0.25) is 0 Å². The zero-order chi connectivity index (χ0) is 9.90. The van der Waals surface area contributed by atoms with Gasteiger partial charge < -0.3 is 0 Å². The van der Waals surface area contributed by atoms with Crippen molar-refractivity contribution < 1.29 is 4.79 Å². The fourth-order valence-electron chi connectivity index (χ4n) is 2.26. The number of rotatable bonds is 2. The summed E-state index contributed by atoms with van der Waals surface area (Å²) < 4.78 is 0. The van der Waals surface area contributed by atoms with Crippen LogP contribution < -0.4 is 0 Å². The van der Waals surface area contributed by atoms with Crippen molar-refractivity contribution >= 4 is 5.78 Å². The lowest BCUT2D eigenvalue weighted by Crippen LogP contribution is -2.35. The number of carbonyl (C=O) groups is 1. The topological polar surface area (TPSA) is 40.9 Å². The highest BCUT2D eigenvalue weighted by atomic mass is 16.1. The molecule has 1 aliphatic carbocycles. The van der Waals surface area contributed by atoms with Gasteiger partial charge >= 0.3 is 0 Å². The Kier molecular flexibility index (Phi) is 3.08. The molecule has 0 radical (unpaired) electrons. The molecule has 1 aliphatic rings. The van der Waals surface area contributed by atoms with Gasteiger partial charge in [-0.05, 0) is 24.7 Å². The predicted molar refractivity (Wildman–Crippen MR) is 51.0 cm³/mol. The van der Waals surface area contributed by atoms with Gasteiger partial charge in [-0.25, -0.2) is 0 Å². The maximum absolute atomic E-state index is 11.6. The van der Waals surface area contributed by atoms with E-state index in [-0.39, 0.29) is 11.3 Å². The molecule has 0 heterocycles. The Morgan fingerprint density at radius 3 is 2.85 bits per heavy atom. The largest absolute Gasteiger partial charge is 0.299 e. The third kappa shape index (κ3) is 2.30. The van der Waals surface area contributed by atoms with E-state index in [4.69, 9.17) is 5.26 Å². The number of nitrogens with zero attached hydrogens (tertiary/aromatic N) is 1. The zero-order valence-corrected chi connectivity index (χ0v) is 8.47. The molecule has 2 heteroatoms. The SMILES string of the molecule is CC1(C)CCCC(=O)C1CCC#N. The van der Waals surface area contributed by atoms with Crippen LogP contribution in [0.4, 0.5) is 0 Å². The van der Waals surface area contributed by atoms with Gasteiger partial charge in [0.1, 0.15) is 5.78 Å². The zero-order valence-electron chi connectivity index (χ0n) is 8.47. The van der Waals surface area contributed by atoms with Crippen molar-refractivity contribution in [1.82, 2.24) is 0 Å². The monoisotopic (exact) mass is 179 g/mol. The molecule has 1 atom stereocenters. The molecular weight excluding hydrogens is 162 g/mol. The second kappa shape index (κ2) is 3.91. The molecule has 1 unspecified atom stereocenters. The fraction of sp³-hybridized carbons (Fsp3) is 0.818. The molecule has 72 valence electrons. The highest BCUT2D eigenvalue weighted by molar-refractivity contribution is 5.82. The number of nitriles is 1. The van der Waals surface area contributed by atoms with Crippen LogP contribution in [0.25, 0.3) is 0 Å². The van der Waals surface area contributed by atoms with Crippen LogP contribution in [0.2, 0.25) is 0 Å². The molecule has 2 nitrogen and oxygen atoms in total. The minimum absolute atomic E-state index is 0.117. The van der Waals surface area contributed by atoms with Crippen molar-refractivity contribution in [2.45, 2.75) is 46.0 Å². The van der Waals surface area contributed by atoms with Crippen LogP contribution in [-0.2, 0) is 4.79 Å². The first kappa shape index (κ1) is 10.2. The molecular formula is C11H17NO. The molecule has 1 fully saturated rings. The molecule has 1 rings (SSSR count). The lowest BCUT2D eigenvalue weighted by Gasteiger charge is -2.37. The van der Waals surface area contributed by atoms with E-state index in [1.54, 1.807) is 0 Å². The van der Waals surface area contributed by atoms with Crippen LogP contribution in [0.15, 0.2) is 0 Å². The Labute approximate surface area is 79.9 Å². The van der Waals surface area contributed by atoms with Crippen LogP contribution in [0, 0.1) is 22.7 Å². The standard InChI is InChI=1S/C11H17NO/c1-11(2)7-3-6-10(13)9(11)5-4-8-12/h9H,3-7H2,1-2H3. The minimum atomic E-state index is 0.117. The van der Waals surface area contributed by atoms with Crippen molar-refractivity contribution in [2.75, 3.05) is 0 Å². The van der Waals surface area contributed by atoms with Gasteiger partial charge in [0.05, 0.1) is 6.07 Å². The van der Waals surface area contributed by atoms with E-state index in [1.807, 2.05) is 0 Å². The van der Waals surface area contributed by atoms with Gasteiger partial charge in [-0.1, -0.05) is 13.8 Å². The molecule has 0 N–H and O–H groups in total. The number of ketones is 1. The van der Waals surface area contributed by atoms with Crippen molar-refractivity contribution in [1.29, 1.82) is 5.26 Å². The quantitative estimate of drug-likeness (QED) is 0.654. The normalized spacial score (nSPS) is 26.8. The summed E-state index contributed by atoms with van der Waals surface area (Å²) in [5, 5.41) is 8.49. The van der Waals surface area contributed by atoms with Crippen LogP contribution in [0.5, 0.6) is 0 Å². The summed E-state index contributed by atoms with van der Waals surface area (Å²) in [5.74, 6) is 0.493. The minimum Gasteiger partial charge on any atom is -0.299 e. The first-order valence-corrected chi connectivity index (χ1v) is 4.97. The third-order valence-corrected chi connectivity index (χ3v) is 3.12. The molecule has 1 saturated carbocycles. The number of Topliss-reactive ketones (excluding diaryl/α,β-unsaturated/α-hetero) is 1. The van der Waals surface area contributed by atoms with Crippen LogP contribution in [-0.4, -0.2) is 5.78 Å². The van der Waals surface area contributed by atoms with E-state index >= 15 is 0 Å². The molecule has 0 spiro atoms.